The molecule has 4 nitrogen and oxygen atoms in total. The van der Waals surface area contributed by atoms with Crippen LogP contribution in [0.2, 0.25) is 5.02 Å². The van der Waals surface area contributed by atoms with Crippen LogP contribution in [-0.4, -0.2) is 16.0 Å². The van der Waals surface area contributed by atoms with Crippen molar-refractivity contribution in [1.29, 1.82) is 0 Å². The molecule has 0 aliphatic carbocycles. The zero-order valence-electron chi connectivity index (χ0n) is 18.4. The Balaban J connectivity index is 1.48. The first kappa shape index (κ1) is 23.7. The van der Waals surface area contributed by atoms with Gasteiger partial charge in [-0.1, -0.05) is 88.2 Å². The number of hydrogen-bond donors (Lipinski definition) is 0. The zero-order chi connectivity index (χ0) is 24.4. The molecule has 0 saturated carbocycles. The number of imide groups is 1. The number of carbonyl (C=O) groups is 2. The minimum atomic E-state index is -0.313. The molecule has 1 aliphatic rings. The summed E-state index contributed by atoms with van der Waals surface area (Å²) in [4.78, 5) is 27.6. The lowest BCUT2D eigenvalue weighted by molar-refractivity contribution is -0.123. The van der Waals surface area contributed by atoms with Crippen LogP contribution < -0.4 is 4.74 Å². The zero-order valence-corrected chi connectivity index (χ0v) is 21.6. The minimum Gasteiger partial charge on any atom is -0.488 e. The molecule has 174 valence electrons. The number of rotatable bonds is 6. The Bertz CT molecular complexity index is 1470. The van der Waals surface area contributed by atoms with Gasteiger partial charge in [0.2, 0.25) is 0 Å². The summed E-state index contributed by atoms with van der Waals surface area (Å²) in [5, 5.41) is 2.34. The smallest absolute Gasteiger partial charge is 0.293 e. The maximum atomic E-state index is 13.2. The molecule has 0 unspecified atom stereocenters. The number of thioether (sulfide) groups is 1. The highest BCUT2D eigenvalue weighted by atomic mass is 79.9. The third-order valence-electron chi connectivity index (χ3n) is 5.67. The van der Waals surface area contributed by atoms with Crippen LogP contribution >= 0.6 is 39.3 Å². The molecule has 2 amide bonds. The molecule has 0 radical (unpaired) electrons. The van der Waals surface area contributed by atoms with E-state index in [1.807, 2.05) is 84.9 Å². The summed E-state index contributed by atoms with van der Waals surface area (Å²) in [5.74, 6) is 0.323. The Morgan fingerprint density at radius 2 is 1.66 bits per heavy atom. The summed E-state index contributed by atoms with van der Waals surface area (Å²) in [6.07, 6.45) is 1.77. The fourth-order valence-corrected chi connectivity index (χ4v) is 5.21. The van der Waals surface area contributed by atoms with Gasteiger partial charge in [0.05, 0.1) is 11.4 Å². The summed E-state index contributed by atoms with van der Waals surface area (Å²) in [6.45, 7) is 0.554. The second-order valence-electron chi connectivity index (χ2n) is 7.97. The van der Waals surface area contributed by atoms with Gasteiger partial charge >= 0.3 is 0 Å². The molecule has 1 aliphatic heterocycles. The maximum Gasteiger partial charge on any atom is 0.293 e. The third-order valence-corrected chi connectivity index (χ3v) is 7.61. The summed E-state index contributed by atoms with van der Waals surface area (Å²) in [7, 11) is 0. The summed E-state index contributed by atoms with van der Waals surface area (Å²) in [6, 6.07) is 26.8. The van der Waals surface area contributed by atoms with Gasteiger partial charge < -0.3 is 4.74 Å². The average molecular weight is 565 g/mol. The van der Waals surface area contributed by atoms with Crippen LogP contribution in [0.25, 0.3) is 16.8 Å². The summed E-state index contributed by atoms with van der Waals surface area (Å²) in [5.41, 5.74) is 2.61. The van der Waals surface area contributed by atoms with E-state index in [1.54, 1.807) is 6.08 Å². The first-order chi connectivity index (χ1) is 17.0. The first-order valence-corrected chi connectivity index (χ1v) is 12.9. The fraction of sp³-hybridized carbons (Fsp3) is 0.0714. The molecule has 0 bridgehead atoms. The van der Waals surface area contributed by atoms with E-state index in [9.17, 15) is 9.59 Å². The molecule has 1 heterocycles. The third kappa shape index (κ3) is 5.15. The molecule has 1 fully saturated rings. The Hall–Kier alpha value is -3.06. The van der Waals surface area contributed by atoms with E-state index in [-0.39, 0.29) is 17.7 Å². The Morgan fingerprint density at radius 1 is 0.914 bits per heavy atom. The van der Waals surface area contributed by atoms with Gasteiger partial charge in [-0.25, -0.2) is 0 Å². The monoisotopic (exact) mass is 563 g/mol. The van der Waals surface area contributed by atoms with Crippen molar-refractivity contribution in [2.24, 2.45) is 0 Å². The van der Waals surface area contributed by atoms with Crippen LogP contribution in [0.1, 0.15) is 16.7 Å². The maximum absolute atomic E-state index is 13.2. The van der Waals surface area contributed by atoms with Crippen LogP contribution in [-0.2, 0) is 17.9 Å². The van der Waals surface area contributed by atoms with E-state index in [1.165, 1.54) is 4.90 Å². The normalized spacial score (nSPS) is 14.8. The van der Waals surface area contributed by atoms with Crippen molar-refractivity contribution >= 4 is 67.3 Å². The van der Waals surface area contributed by atoms with Crippen LogP contribution in [0.15, 0.2) is 94.3 Å². The van der Waals surface area contributed by atoms with Gasteiger partial charge in [-0.2, -0.15) is 0 Å². The number of halogens is 2. The van der Waals surface area contributed by atoms with Gasteiger partial charge in [-0.15, -0.1) is 0 Å². The number of ether oxygens (including phenoxy) is 1. The molecular formula is C28H19BrClNO3S. The van der Waals surface area contributed by atoms with Crippen molar-refractivity contribution in [3.8, 4) is 5.75 Å². The first-order valence-electron chi connectivity index (χ1n) is 10.9. The van der Waals surface area contributed by atoms with Crippen molar-refractivity contribution in [2.75, 3.05) is 0 Å². The molecule has 35 heavy (non-hydrogen) atoms. The van der Waals surface area contributed by atoms with Gasteiger partial charge in [0.1, 0.15) is 12.4 Å². The van der Waals surface area contributed by atoms with E-state index in [0.29, 0.717) is 22.3 Å². The minimum absolute atomic E-state index is 0.207. The van der Waals surface area contributed by atoms with Crippen LogP contribution in [0.4, 0.5) is 4.79 Å². The highest BCUT2D eigenvalue weighted by molar-refractivity contribution is 9.10. The molecule has 0 aromatic heterocycles. The number of hydrogen-bond acceptors (Lipinski definition) is 4. The fourth-order valence-electron chi connectivity index (χ4n) is 3.86. The largest absolute Gasteiger partial charge is 0.488 e. The van der Waals surface area contributed by atoms with E-state index in [2.05, 4.69) is 15.9 Å². The molecule has 0 atom stereocenters. The second kappa shape index (κ2) is 10.3. The predicted octanol–water partition coefficient (Wildman–Crippen LogP) is 8.07. The summed E-state index contributed by atoms with van der Waals surface area (Å²) >= 11 is 10.4. The summed E-state index contributed by atoms with van der Waals surface area (Å²) < 4.78 is 7.03. The van der Waals surface area contributed by atoms with E-state index < -0.39 is 0 Å². The van der Waals surface area contributed by atoms with Crippen molar-refractivity contribution in [3.63, 3.8) is 0 Å². The van der Waals surface area contributed by atoms with Crippen molar-refractivity contribution in [3.05, 3.63) is 116 Å². The van der Waals surface area contributed by atoms with Gasteiger partial charge in [-0.3, -0.25) is 14.5 Å². The van der Waals surface area contributed by atoms with E-state index in [0.717, 1.165) is 43.7 Å². The SMILES string of the molecule is O=C1S/C(=C/c2c(OCc3ccc(Cl)cc3)ccc3ccccc23)C(=O)N1Cc1ccccc1Br. The molecule has 5 rings (SSSR count). The highest BCUT2D eigenvalue weighted by Gasteiger charge is 2.35. The van der Waals surface area contributed by atoms with Crippen molar-refractivity contribution in [2.45, 2.75) is 13.2 Å². The molecule has 4 aromatic rings. The van der Waals surface area contributed by atoms with Crippen LogP contribution in [0.5, 0.6) is 5.75 Å². The molecule has 0 N–H and O–H groups in total. The lowest BCUT2D eigenvalue weighted by atomic mass is 10.0. The average Bonchev–Trinajstić information content (AvgIpc) is 3.13. The Labute approximate surface area is 220 Å². The highest BCUT2D eigenvalue weighted by Crippen LogP contribution is 2.38. The quantitative estimate of drug-likeness (QED) is 0.222. The molecule has 4 aromatic carbocycles. The Kier molecular flexibility index (Phi) is 6.95. The van der Waals surface area contributed by atoms with Crippen LogP contribution in [0, 0.1) is 0 Å². The number of fused-ring (bicyclic) bond motifs is 1. The number of amides is 2. The van der Waals surface area contributed by atoms with Crippen molar-refractivity contribution < 1.29 is 14.3 Å². The molecular weight excluding hydrogens is 546 g/mol. The number of nitrogens with zero attached hydrogens (tertiary/aromatic N) is 1. The van der Waals surface area contributed by atoms with Gasteiger partial charge in [0, 0.05) is 15.1 Å². The standard InChI is InChI=1S/C28H19BrClNO3S/c29-24-8-4-2-6-20(24)16-31-27(32)26(35-28(31)33)15-23-22-7-3-1-5-19(22)11-14-25(23)34-17-18-9-12-21(30)13-10-18/h1-15H,16-17H2/b26-15+. The molecule has 7 heteroatoms. The van der Waals surface area contributed by atoms with E-state index >= 15 is 0 Å². The Morgan fingerprint density at radius 3 is 2.46 bits per heavy atom. The molecule has 1 saturated heterocycles. The second-order valence-corrected chi connectivity index (χ2v) is 10.3. The number of carbonyl (C=O) groups excluding carboxylic acids is 2. The lowest BCUT2D eigenvalue weighted by Crippen LogP contribution is -2.27. The topological polar surface area (TPSA) is 46.6 Å². The predicted molar refractivity (Wildman–Crippen MR) is 145 cm³/mol. The lowest BCUT2D eigenvalue weighted by Gasteiger charge is -2.14. The number of benzene rings is 4. The molecule has 0 spiro atoms. The van der Waals surface area contributed by atoms with E-state index in [4.69, 9.17) is 16.3 Å². The van der Waals surface area contributed by atoms with Gasteiger partial charge in [0.25, 0.3) is 11.1 Å². The van der Waals surface area contributed by atoms with Gasteiger partial charge in [-0.05, 0) is 64.0 Å². The van der Waals surface area contributed by atoms with Gasteiger partial charge in [0.15, 0.2) is 0 Å². The van der Waals surface area contributed by atoms with Crippen LogP contribution in [0.3, 0.4) is 0 Å². The van der Waals surface area contributed by atoms with Crippen molar-refractivity contribution in [1.82, 2.24) is 4.90 Å².